The molecule has 0 aromatic heterocycles. The number of hydrogen-bond donors (Lipinski definition) is 0. The molecule has 4 nitrogen and oxygen atoms in total. The third-order valence-corrected chi connectivity index (χ3v) is 0. The zero-order valence-corrected chi connectivity index (χ0v) is 8.89. The van der Waals surface area contributed by atoms with E-state index >= 15 is 0 Å². The quantitative estimate of drug-likeness (QED) is 0.422. The van der Waals surface area contributed by atoms with Crippen molar-refractivity contribution in [2.24, 2.45) is 0 Å². The standard InChI is InChI=1S/Ca.Mg.4H2O.Ti/h;;4*1H2;/q2*+2;;;;;/p-4. The van der Waals surface area contributed by atoms with E-state index in [9.17, 15) is 0 Å². The van der Waals surface area contributed by atoms with Crippen molar-refractivity contribution < 1.29 is 43.6 Å². The van der Waals surface area contributed by atoms with Gasteiger partial charge in [-0.05, 0) is 0 Å². The normalized spacial score (nSPS) is 0. The van der Waals surface area contributed by atoms with Crippen molar-refractivity contribution in [1.82, 2.24) is 0 Å². The monoisotopic (exact) mass is 180 g/mol. The molecule has 0 spiro atoms. The van der Waals surface area contributed by atoms with Crippen molar-refractivity contribution >= 4 is 60.8 Å². The van der Waals surface area contributed by atoms with Gasteiger partial charge in [0.15, 0.2) is 0 Å². The van der Waals surface area contributed by atoms with Crippen LogP contribution >= 0.6 is 0 Å². The summed E-state index contributed by atoms with van der Waals surface area (Å²) in [5.41, 5.74) is 0. The van der Waals surface area contributed by atoms with Crippen LogP contribution in [-0.4, -0.2) is 82.7 Å². The fourth-order valence-corrected chi connectivity index (χ4v) is 0. The molecule has 7 heavy (non-hydrogen) atoms. The molecule has 0 saturated carbocycles. The van der Waals surface area contributed by atoms with Crippen LogP contribution in [0.5, 0.6) is 0 Å². The molecule has 0 heterocycles. The maximum atomic E-state index is 0. The van der Waals surface area contributed by atoms with Crippen LogP contribution in [0.2, 0.25) is 0 Å². The van der Waals surface area contributed by atoms with Crippen molar-refractivity contribution in [3.63, 3.8) is 0 Å². The second kappa shape index (κ2) is 74.1. The summed E-state index contributed by atoms with van der Waals surface area (Å²) in [4.78, 5) is 0. The zero-order valence-electron chi connectivity index (χ0n) is 3.70. The summed E-state index contributed by atoms with van der Waals surface area (Å²) in [7, 11) is 0. The van der Waals surface area contributed by atoms with Crippen LogP contribution in [0, 0.1) is 0 Å². The van der Waals surface area contributed by atoms with Crippen LogP contribution in [0.1, 0.15) is 0 Å². The van der Waals surface area contributed by atoms with Crippen molar-refractivity contribution in [3.8, 4) is 0 Å². The molecule has 0 aliphatic carbocycles. The summed E-state index contributed by atoms with van der Waals surface area (Å²) in [5.74, 6) is 0. The maximum absolute atomic E-state index is 0. The van der Waals surface area contributed by atoms with Gasteiger partial charge in [0.2, 0.25) is 0 Å². The van der Waals surface area contributed by atoms with E-state index in [0.717, 1.165) is 0 Å². The molecule has 0 aromatic rings. The van der Waals surface area contributed by atoms with E-state index in [2.05, 4.69) is 0 Å². The zero-order chi connectivity index (χ0) is 0. The predicted octanol–water partition coefficient (Wildman–Crippen LogP) is -1.47. The molecule has 0 radical (unpaired) electrons. The predicted molar refractivity (Wildman–Crippen MR) is 19.3 cm³/mol. The van der Waals surface area contributed by atoms with Crippen molar-refractivity contribution in [2.75, 3.05) is 0 Å². The largest absolute Gasteiger partial charge is 2.00 e. The van der Waals surface area contributed by atoms with Gasteiger partial charge in [-0.1, -0.05) is 0 Å². The fourth-order valence-electron chi connectivity index (χ4n) is 0. The topological polar surface area (TPSA) is 120 Å². The molecule has 36 valence electrons. The van der Waals surface area contributed by atoms with Gasteiger partial charge in [0.1, 0.15) is 0 Å². The Hall–Kier alpha value is 2.58. The summed E-state index contributed by atoms with van der Waals surface area (Å²) in [6.45, 7) is 0. The number of hydrogen-bond acceptors (Lipinski definition) is 4. The maximum Gasteiger partial charge on any atom is 2.00 e. The van der Waals surface area contributed by atoms with E-state index in [1.165, 1.54) is 0 Å². The Morgan fingerprint density at radius 3 is 0.571 bits per heavy atom. The third kappa shape index (κ3) is 55.8. The Balaban J connectivity index is 0. The molecule has 0 amide bonds. The summed E-state index contributed by atoms with van der Waals surface area (Å²) < 4.78 is 0. The van der Waals surface area contributed by atoms with E-state index in [0.29, 0.717) is 0 Å². The molecule has 7 heteroatoms. The molecule has 0 rings (SSSR count). The summed E-state index contributed by atoms with van der Waals surface area (Å²) in [5, 5.41) is 0. The molecule has 0 fully saturated rings. The second-order valence-electron chi connectivity index (χ2n) is 0. The van der Waals surface area contributed by atoms with Gasteiger partial charge in [0.05, 0.1) is 0 Å². The third-order valence-electron chi connectivity index (χ3n) is 0. The van der Waals surface area contributed by atoms with E-state index in [1.807, 2.05) is 0 Å². The van der Waals surface area contributed by atoms with Crippen molar-refractivity contribution in [3.05, 3.63) is 0 Å². The molecular formula is H4CaMgO4Ti. The minimum Gasteiger partial charge on any atom is -0.870 e. The Kier molecular flexibility index (Phi) is 1120. The molecule has 0 bridgehead atoms. The van der Waals surface area contributed by atoms with Gasteiger partial charge in [-0.3, -0.25) is 0 Å². The number of rotatable bonds is 0. The minimum atomic E-state index is 0. The van der Waals surface area contributed by atoms with Crippen LogP contribution in [-0.2, 0) is 21.7 Å². The van der Waals surface area contributed by atoms with E-state index in [1.54, 1.807) is 0 Å². The van der Waals surface area contributed by atoms with Gasteiger partial charge in [0, 0.05) is 21.7 Å². The Labute approximate surface area is 103 Å². The Morgan fingerprint density at radius 1 is 0.571 bits per heavy atom. The first-order valence-electron chi connectivity index (χ1n) is 0. The average Bonchev–Trinajstić information content (AvgIpc) is 0. The molecule has 0 unspecified atom stereocenters. The van der Waals surface area contributed by atoms with Crippen LogP contribution < -0.4 is 0 Å². The first kappa shape index (κ1) is 106. The molecule has 4 N–H and O–H groups in total. The van der Waals surface area contributed by atoms with Gasteiger partial charge in [0.25, 0.3) is 0 Å². The second-order valence-corrected chi connectivity index (χ2v) is 0. The van der Waals surface area contributed by atoms with E-state index in [4.69, 9.17) is 0 Å². The van der Waals surface area contributed by atoms with Crippen LogP contribution in [0.15, 0.2) is 0 Å². The van der Waals surface area contributed by atoms with Gasteiger partial charge >= 0.3 is 60.8 Å². The van der Waals surface area contributed by atoms with E-state index in [-0.39, 0.29) is 104 Å². The molecule has 0 aliphatic heterocycles. The summed E-state index contributed by atoms with van der Waals surface area (Å²) in [6.07, 6.45) is 0. The summed E-state index contributed by atoms with van der Waals surface area (Å²) in [6, 6.07) is 0. The van der Waals surface area contributed by atoms with Gasteiger partial charge in [-0.2, -0.15) is 0 Å². The fraction of sp³-hybridized carbons (Fsp3) is 0. The van der Waals surface area contributed by atoms with Crippen LogP contribution in [0.3, 0.4) is 0 Å². The smallest absolute Gasteiger partial charge is 0.870 e. The van der Waals surface area contributed by atoms with Gasteiger partial charge < -0.3 is 21.9 Å². The molecular weight excluding hydrogens is 176 g/mol. The van der Waals surface area contributed by atoms with Gasteiger partial charge in [-0.15, -0.1) is 0 Å². The summed E-state index contributed by atoms with van der Waals surface area (Å²) >= 11 is 0. The molecule has 0 aromatic carbocycles. The molecule has 0 atom stereocenters. The Bertz CT molecular complexity index is 11.7. The SMILES string of the molecule is [Ca+2].[Mg+2].[OH-].[OH-].[OH-].[OH-].[Ti]. The minimum absolute atomic E-state index is 0. The van der Waals surface area contributed by atoms with Gasteiger partial charge in [-0.25, -0.2) is 0 Å². The van der Waals surface area contributed by atoms with Crippen molar-refractivity contribution in [2.45, 2.75) is 0 Å². The first-order valence-corrected chi connectivity index (χ1v) is 0. The Morgan fingerprint density at radius 2 is 0.571 bits per heavy atom. The molecule has 0 saturated heterocycles. The first-order chi connectivity index (χ1) is 0. The van der Waals surface area contributed by atoms with Crippen LogP contribution in [0.4, 0.5) is 0 Å². The van der Waals surface area contributed by atoms with Crippen molar-refractivity contribution in [1.29, 1.82) is 0 Å². The average molecular weight is 180 g/mol. The van der Waals surface area contributed by atoms with E-state index < -0.39 is 0 Å². The molecule has 0 aliphatic rings. The van der Waals surface area contributed by atoms with Crippen LogP contribution in [0.25, 0.3) is 0 Å².